The van der Waals surface area contributed by atoms with Crippen LogP contribution < -0.4 is 5.32 Å². The van der Waals surface area contributed by atoms with Crippen LogP contribution in [0.25, 0.3) is 0 Å². The highest BCUT2D eigenvalue weighted by Gasteiger charge is 2.03. The first-order valence-electron chi connectivity index (χ1n) is 5.31. The molecule has 0 aliphatic heterocycles. The average Bonchev–Trinajstić information content (AvgIpc) is 2.36. The van der Waals surface area contributed by atoms with Crippen LogP contribution in [-0.4, -0.2) is 4.98 Å². The van der Waals surface area contributed by atoms with Gasteiger partial charge in [0.15, 0.2) is 0 Å². The molecule has 0 bridgehead atoms. The molecule has 1 aromatic carbocycles. The molecule has 0 amide bonds. The Hall–Kier alpha value is -1.09. The Bertz CT molecular complexity index is 486. The van der Waals surface area contributed by atoms with E-state index >= 15 is 0 Å². The Balaban J connectivity index is 1.93. The van der Waals surface area contributed by atoms with Gasteiger partial charge >= 0.3 is 0 Å². The summed E-state index contributed by atoms with van der Waals surface area (Å²) in [6.45, 7) is 1.39. The van der Waals surface area contributed by atoms with E-state index in [2.05, 4.69) is 10.3 Å². The van der Waals surface area contributed by atoms with E-state index in [0.29, 0.717) is 23.1 Å². The van der Waals surface area contributed by atoms with Crippen molar-refractivity contribution in [3.05, 3.63) is 63.9 Å². The van der Waals surface area contributed by atoms with Crippen molar-refractivity contribution in [1.29, 1.82) is 0 Å². The predicted molar refractivity (Wildman–Crippen MR) is 71.2 cm³/mol. The van der Waals surface area contributed by atoms with Crippen molar-refractivity contribution in [3.63, 3.8) is 0 Å². The first-order chi connectivity index (χ1) is 8.27. The molecule has 0 spiro atoms. The standard InChI is InChI=1S/C13H12Cl2N2/c14-12-6-3-4-10(13(12)15)8-16-9-11-5-1-2-7-17-11/h1-7,16H,8-9H2. The lowest BCUT2D eigenvalue weighted by atomic mass is 10.2. The maximum Gasteiger partial charge on any atom is 0.0637 e. The van der Waals surface area contributed by atoms with Gasteiger partial charge in [-0.2, -0.15) is 0 Å². The Morgan fingerprint density at radius 3 is 2.65 bits per heavy atom. The van der Waals surface area contributed by atoms with Crippen LogP contribution in [0.3, 0.4) is 0 Å². The quantitative estimate of drug-likeness (QED) is 0.914. The summed E-state index contributed by atoms with van der Waals surface area (Å²) in [6.07, 6.45) is 1.78. The Kier molecular flexibility index (Phi) is 4.37. The number of benzene rings is 1. The van der Waals surface area contributed by atoms with Gasteiger partial charge in [-0.15, -0.1) is 0 Å². The summed E-state index contributed by atoms with van der Waals surface area (Å²) in [6, 6.07) is 11.5. The molecular formula is C13H12Cl2N2. The molecule has 0 atom stereocenters. The third-order valence-electron chi connectivity index (χ3n) is 2.38. The second-order valence-corrected chi connectivity index (χ2v) is 4.42. The molecule has 0 aliphatic carbocycles. The van der Waals surface area contributed by atoms with Gasteiger partial charge in [0, 0.05) is 19.3 Å². The molecular weight excluding hydrogens is 255 g/mol. The molecule has 2 nitrogen and oxygen atoms in total. The molecule has 1 heterocycles. The summed E-state index contributed by atoms with van der Waals surface area (Å²) in [5.74, 6) is 0. The lowest BCUT2D eigenvalue weighted by Crippen LogP contribution is -2.13. The minimum Gasteiger partial charge on any atom is -0.307 e. The lowest BCUT2D eigenvalue weighted by Gasteiger charge is -2.07. The Morgan fingerprint density at radius 1 is 1.00 bits per heavy atom. The fourth-order valence-electron chi connectivity index (χ4n) is 1.51. The zero-order chi connectivity index (χ0) is 12.1. The SMILES string of the molecule is Clc1cccc(CNCc2ccccn2)c1Cl. The maximum atomic E-state index is 6.09. The molecule has 17 heavy (non-hydrogen) atoms. The zero-order valence-corrected chi connectivity index (χ0v) is 10.7. The van der Waals surface area contributed by atoms with Crippen LogP contribution in [0.15, 0.2) is 42.6 Å². The second kappa shape index (κ2) is 6.01. The molecule has 4 heteroatoms. The predicted octanol–water partition coefficient (Wildman–Crippen LogP) is 3.68. The van der Waals surface area contributed by atoms with Gasteiger partial charge in [0.2, 0.25) is 0 Å². The average molecular weight is 267 g/mol. The maximum absolute atomic E-state index is 6.09. The van der Waals surface area contributed by atoms with Crippen molar-refractivity contribution in [2.45, 2.75) is 13.1 Å². The first kappa shape index (κ1) is 12.4. The number of nitrogens with zero attached hydrogens (tertiary/aromatic N) is 1. The molecule has 88 valence electrons. The van der Waals surface area contributed by atoms with E-state index in [9.17, 15) is 0 Å². The summed E-state index contributed by atoms with van der Waals surface area (Å²) < 4.78 is 0. The minimum atomic E-state index is 0.587. The van der Waals surface area contributed by atoms with Crippen molar-refractivity contribution >= 4 is 23.2 Å². The fourth-order valence-corrected chi connectivity index (χ4v) is 1.90. The number of pyridine rings is 1. The monoisotopic (exact) mass is 266 g/mol. The van der Waals surface area contributed by atoms with Crippen LogP contribution >= 0.6 is 23.2 Å². The third kappa shape index (κ3) is 3.43. The second-order valence-electron chi connectivity index (χ2n) is 3.64. The van der Waals surface area contributed by atoms with Crippen molar-refractivity contribution in [1.82, 2.24) is 10.3 Å². The zero-order valence-electron chi connectivity index (χ0n) is 9.16. The van der Waals surface area contributed by atoms with Crippen molar-refractivity contribution in [2.24, 2.45) is 0 Å². The largest absolute Gasteiger partial charge is 0.307 e. The van der Waals surface area contributed by atoms with Crippen LogP contribution in [0.5, 0.6) is 0 Å². The van der Waals surface area contributed by atoms with E-state index in [0.717, 1.165) is 11.3 Å². The summed E-state index contributed by atoms with van der Waals surface area (Å²) in [5.41, 5.74) is 2.00. The van der Waals surface area contributed by atoms with E-state index in [4.69, 9.17) is 23.2 Å². The number of hydrogen-bond acceptors (Lipinski definition) is 2. The van der Waals surface area contributed by atoms with Crippen molar-refractivity contribution < 1.29 is 0 Å². The molecule has 0 saturated heterocycles. The summed E-state index contributed by atoms with van der Waals surface area (Å²) in [5, 5.41) is 4.48. The minimum absolute atomic E-state index is 0.587. The molecule has 0 saturated carbocycles. The van der Waals surface area contributed by atoms with Crippen LogP contribution in [0, 0.1) is 0 Å². The van der Waals surface area contributed by atoms with E-state index in [-0.39, 0.29) is 0 Å². The number of hydrogen-bond donors (Lipinski definition) is 1. The van der Waals surface area contributed by atoms with Gasteiger partial charge in [0.05, 0.1) is 15.7 Å². The molecule has 2 rings (SSSR count). The topological polar surface area (TPSA) is 24.9 Å². The molecule has 0 radical (unpaired) electrons. The highest BCUT2D eigenvalue weighted by molar-refractivity contribution is 6.42. The molecule has 0 unspecified atom stereocenters. The van der Waals surface area contributed by atoms with Crippen LogP contribution in [0.2, 0.25) is 10.0 Å². The summed E-state index contributed by atoms with van der Waals surface area (Å²) in [4.78, 5) is 4.23. The first-order valence-corrected chi connectivity index (χ1v) is 6.06. The van der Waals surface area contributed by atoms with E-state index < -0.39 is 0 Å². The normalized spacial score (nSPS) is 10.5. The Labute approximate surface area is 111 Å². The van der Waals surface area contributed by atoms with Gasteiger partial charge < -0.3 is 5.32 Å². The van der Waals surface area contributed by atoms with Gasteiger partial charge in [0.1, 0.15) is 0 Å². The Morgan fingerprint density at radius 2 is 1.88 bits per heavy atom. The van der Waals surface area contributed by atoms with Gasteiger partial charge in [0.25, 0.3) is 0 Å². The molecule has 0 aliphatic rings. The summed E-state index contributed by atoms with van der Waals surface area (Å²) >= 11 is 12.0. The lowest BCUT2D eigenvalue weighted by molar-refractivity contribution is 0.680. The van der Waals surface area contributed by atoms with Crippen LogP contribution in [0.1, 0.15) is 11.3 Å². The summed E-state index contributed by atoms with van der Waals surface area (Å²) in [7, 11) is 0. The molecule has 0 fully saturated rings. The smallest absolute Gasteiger partial charge is 0.0637 e. The van der Waals surface area contributed by atoms with Crippen molar-refractivity contribution in [2.75, 3.05) is 0 Å². The van der Waals surface area contributed by atoms with Gasteiger partial charge in [-0.25, -0.2) is 0 Å². The molecule has 2 aromatic rings. The number of aromatic nitrogens is 1. The highest BCUT2D eigenvalue weighted by atomic mass is 35.5. The number of rotatable bonds is 4. The van der Waals surface area contributed by atoms with Gasteiger partial charge in [-0.1, -0.05) is 41.4 Å². The van der Waals surface area contributed by atoms with Gasteiger partial charge in [-0.3, -0.25) is 4.98 Å². The van der Waals surface area contributed by atoms with E-state index in [1.165, 1.54) is 0 Å². The van der Waals surface area contributed by atoms with Crippen LogP contribution in [-0.2, 0) is 13.1 Å². The number of halogens is 2. The highest BCUT2D eigenvalue weighted by Crippen LogP contribution is 2.25. The fraction of sp³-hybridized carbons (Fsp3) is 0.154. The van der Waals surface area contributed by atoms with Crippen LogP contribution in [0.4, 0.5) is 0 Å². The molecule has 1 N–H and O–H groups in total. The third-order valence-corrected chi connectivity index (χ3v) is 3.24. The van der Waals surface area contributed by atoms with Gasteiger partial charge in [-0.05, 0) is 23.8 Å². The molecule has 1 aromatic heterocycles. The van der Waals surface area contributed by atoms with Crippen molar-refractivity contribution in [3.8, 4) is 0 Å². The van der Waals surface area contributed by atoms with E-state index in [1.54, 1.807) is 12.3 Å². The number of nitrogens with one attached hydrogen (secondary N) is 1. The van der Waals surface area contributed by atoms with E-state index in [1.807, 2.05) is 30.3 Å².